The van der Waals surface area contributed by atoms with Crippen LogP contribution in [-0.4, -0.2) is 45.5 Å². The lowest BCUT2D eigenvalue weighted by atomic mass is 10.0. The number of aryl methyl sites for hydroxylation is 1. The average molecular weight is 314 g/mol. The maximum Gasteiger partial charge on any atom is 0.239 e. The lowest BCUT2D eigenvalue weighted by Crippen LogP contribution is -2.54. The van der Waals surface area contributed by atoms with Gasteiger partial charge in [0.15, 0.2) is 0 Å². The van der Waals surface area contributed by atoms with Gasteiger partial charge in [-0.1, -0.05) is 12.1 Å². The van der Waals surface area contributed by atoms with Gasteiger partial charge in [0.2, 0.25) is 5.91 Å². The minimum Gasteiger partial charge on any atom is -0.354 e. The average Bonchev–Trinajstić information content (AvgIpc) is 3.17. The van der Waals surface area contributed by atoms with Crippen LogP contribution in [0.2, 0.25) is 0 Å². The van der Waals surface area contributed by atoms with E-state index in [1.54, 1.807) is 0 Å². The number of para-hydroxylation sites is 2. The van der Waals surface area contributed by atoms with Crippen molar-refractivity contribution in [1.29, 1.82) is 0 Å². The molecule has 124 valence electrons. The number of rotatable bonds is 5. The monoisotopic (exact) mass is 314 g/mol. The molecule has 0 unspecified atom stereocenters. The minimum absolute atomic E-state index is 0.109. The van der Waals surface area contributed by atoms with Crippen LogP contribution >= 0.6 is 0 Å². The molecule has 1 fully saturated rings. The fourth-order valence-corrected chi connectivity index (χ4v) is 3.34. The summed E-state index contributed by atoms with van der Waals surface area (Å²) in [4.78, 5) is 19.4. The van der Waals surface area contributed by atoms with Gasteiger partial charge >= 0.3 is 0 Å². The summed E-state index contributed by atoms with van der Waals surface area (Å²) in [6.45, 7) is 6.69. The number of hydrogen-bond donors (Lipinski definition) is 1. The van der Waals surface area contributed by atoms with Gasteiger partial charge < -0.3 is 9.88 Å². The lowest BCUT2D eigenvalue weighted by Gasteiger charge is -2.33. The zero-order chi connectivity index (χ0) is 16.4. The van der Waals surface area contributed by atoms with Gasteiger partial charge in [0.05, 0.1) is 16.6 Å². The molecule has 0 atom stereocenters. The zero-order valence-electron chi connectivity index (χ0n) is 14.3. The van der Waals surface area contributed by atoms with Crippen molar-refractivity contribution in [3.05, 3.63) is 30.1 Å². The first-order valence-electron chi connectivity index (χ1n) is 8.44. The predicted molar refractivity (Wildman–Crippen MR) is 92.3 cm³/mol. The highest BCUT2D eigenvalue weighted by molar-refractivity contribution is 5.85. The molecule has 1 N–H and O–H groups in total. The largest absolute Gasteiger partial charge is 0.354 e. The van der Waals surface area contributed by atoms with E-state index in [-0.39, 0.29) is 5.91 Å². The Labute approximate surface area is 137 Å². The molecular formula is C18H26N4O. The standard InChI is InChI=1S/C18H26N4O/c1-18(2,22-12-6-7-13-22)17(23)19-11-10-16-20-14-8-4-5-9-15(14)21(16)3/h4-5,8-9H,6-7,10-13H2,1-3H3,(H,19,23). The second kappa shape index (κ2) is 6.32. The van der Waals surface area contributed by atoms with Crippen molar-refractivity contribution >= 4 is 16.9 Å². The van der Waals surface area contributed by atoms with Crippen LogP contribution in [-0.2, 0) is 18.3 Å². The predicted octanol–water partition coefficient (Wildman–Crippen LogP) is 2.11. The van der Waals surface area contributed by atoms with E-state index in [0.29, 0.717) is 6.54 Å². The normalized spacial score (nSPS) is 16.1. The molecule has 0 saturated carbocycles. The Morgan fingerprint density at radius 3 is 2.65 bits per heavy atom. The first kappa shape index (κ1) is 16.0. The second-order valence-corrected chi connectivity index (χ2v) is 6.83. The Balaban J connectivity index is 1.60. The van der Waals surface area contributed by atoms with Crippen molar-refractivity contribution in [2.75, 3.05) is 19.6 Å². The van der Waals surface area contributed by atoms with Gasteiger partial charge in [-0.3, -0.25) is 9.69 Å². The summed E-state index contributed by atoms with van der Waals surface area (Å²) in [5.41, 5.74) is 1.71. The number of carbonyl (C=O) groups is 1. The number of imidazole rings is 1. The zero-order valence-corrected chi connectivity index (χ0v) is 14.3. The minimum atomic E-state index is -0.428. The fraction of sp³-hybridized carbons (Fsp3) is 0.556. The third-order valence-corrected chi connectivity index (χ3v) is 4.97. The molecular weight excluding hydrogens is 288 g/mol. The van der Waals surface area contributed by atoms with E-state index in [9.17, 15) is 4.79 Å². The summed E-state index contributed by atoms with van der Waals surface area (Å²) in [5.74, 6) is 1.11. The highest BCUT2D eigenvalue weighted by Crippen LogP contribution is 2.21. The summed E-state index contributed by atoms with van der Waals surface area (Å²) in [7, 11) is 2.03. The number of hydrogen-bond acceptors (Lipinski definition) is 3. The van der Waals surface area contributed by atoms with Crippen LogP contribution in [0.25, 0.3) is 11.0 Å². The van der Waals surface area contributed by atoms with Crippen LogP contribution in [0.3, 0.4) is 0 Å². The number of benzene rings is 1. The molecule has 0 radical (unpaired) electrons. The third-order valence-electron chi connectivity index (χ3n) is 4.97. The summed E-state index contributed by atoms with van der Waals surface area (Å²) in [6.07, 6.45) is 3.13. The maximum atomic E-state index is 12.5. The molecule has 3 rings (SSSR count). The Morgan fingerprint density at radius 2 is 1.96 bits per heavy atom. The molecule has 5 nitrogen and oxygen atoms in total. The summed E-state index contributed by atoms with van der Waals surface area (Å²) in [6, 6.07) is 8.11. The van der Waals surface area contributed by atoms with E-state index in [1.807, 2.05) is 39.1 Å². The van der Waals surface area contributed by atoms with Gasteiger partial charge in [-0.25, -0.2) is 4.98 Å². The Bertz CT molecular complexity index is 698. The Hall–Kier alpha value is -1.88. The summed E-state index contributed by atoms with van der Waals surface area (Å²) in [5, 5.41) is 3.09. The molecule has 0 bridgehead atoms. The molecule has 23 heavy (non-hydrogen) atoms. The smallest absolute Gasteiger partial charge is 0.239 e. The van der Waals surface area contributed by atoms with E-state index in [4.69, 9.17) is 0 Å². The summed E-state index contributed by atoms with van der Waals surface area (Å²) >= 11 is 0. The molecule has 0 spiro atoms. The molecule has 1 saturated heterocycles. The number of amides is 1. The van der Waals surface area contributed by atoms with Crippen molar-refractivity contribution in [2.24, 2.45) is 7.05 Å². The SMILES string of the molecule is Cn1c(CCNC(=O)C(C)(C)N2CCCC2)nc2ccccc21. The van der Waals surface area contributed by atoms with Gasteiger partial charge in [0.25, 0.3) is 0 Å². The molecule has 1 aromatic heterocycles. The Morgan fingerprint density at radius 1 is 1.26 bits per heavy atom. The van der Waals surface area contributed by atoms with Gasteiger partial charge in [-0.05, 0) is 51.9 Å². The number of fused-ring (bicyclic) bond motifs is 1. The molecule has 2 aromatic rings. The number of aromatic nitrogens is 2. The number of nitrogens with one attached hydrogen (secondary N) is 1. The highest BCUT2D eigenvalue weighted by Gasteiger charge is 2.35. The fourth-order valence-electron chi connectivity index (χ4n) is 3.34. The topological polar surface area (TPSA) is 50.2 Å². The van der Waals surface area contributed by atoms with Crippen molar-refractivity contribution < 1.29 is 4.79 Å². The molecule has 1 aliphatic rings. The van der Waals surface area contributed by atoms with E-state index < -0.39 is 5.54 Å². The van der Waals surface area contributed by atoms with Crippen LogP contribution in [0.5, 0.6) is 0 Å². The van der Waals surface area contributed by atoms with Gasteiger partial charge in [0.1, 0.15) is 5.82 Å². The van der Waals surface area contributed by atoms with E-state index in [1.165, 1.54) is 12.8 Å². The van der Waals surface area contributed by atoms with Gasteiger partial charge in [-0.15, -0.1) is 0 Å². The number of likely N-dealkylation sites (tertiary alicyclic amines) is 1. The highest BCUT2D eigenvalue weighted by atomic mass is 16.2. The molecule has 5 heteroatoms. The molecule has 1 aliphatic heterocycles. The molecule has 0 aliphatic carbocycles. The second-order valence-electron chi connectivity index (χ2n) is 6.83. The van der Waals surface area contributed by atoms with Crippen LogP contribution < -0.4 is 5.32 Å². The first-order chi connectivity index (χ1) is 11.0. The number of nitrogens with zero attached hydrogens (tertiary/aromatic N) is 3. The van der Waals surface area contributed by atoms with Crippen LogP contribution in [0, 0.1) is 0 Å². The first-order valence-corrected chi connectivity index (χ1v) is 8.44. The maximum absolute atomic E-state index is 12.5. The quantitative estimate of drug-likeness (QED) is 0.919. The molecule has 1 aromatic carbocycles. The number of carbonyl (C=O) groups excluding carboxylic acids is 1. The van der Waals surface area contributed by atoms with Crippen LogP contribution in [0.1, 0.15) is 32.5 Å². The summed E-state index contributed by atoms with van der Waals surface area (Å²) < 4.78 is 2.10. The van der Waals surface area contributed by atoms with E-state index in [0.717, 1.165) is 36.4 Å². The van der Waals surface area contributed by atoms with Gasteiger partial charge in [-0.2, -0.15) is 0 Å². The third kappa shape index (κ3) is 3.11. The van der Waals surface area contributed by atoms with E-state index in [2.05, 4.69) is 25.8 Å². The van der Waals surface area contributed by atoms with Crippen molar-refractivity contribution in [1.82, 2.24) is 19.8 Å². The van der Waals surface area contributed by atoms with Crippen molar-refractivity contribution in [3.8, 4) is 0 Å². The van der Waals surface area contributed by atoms with Crippen LogP contribution in [0.15, 0.2) is 24.3 Å². The van der Waals surface area contributed by atoms with E-state index >= 15 is 0 Å². The van der Waals surface area contributed by atoms with Crippen molar-refractivity contribution in [2.45, 2.75) is 38.6 Å². The Kier molecular flexibility index (Phi) is 4.39. The van der Waals surface area contributed by atoms with Crippen molar-refractivity contribution in [3.63, 3.8) is 0 Å². The van der Waals surface area contributed by atoms with Crippen LogP contribution in [0.4, 0.5) is 0 Å². The van der Waals surface area contributed by atoms with Gasteiger partial charge in [0, 0.05) is 20.0 Å². The molecule has 1 amide bonds. The lowest BCUT2D eigenvalue weighted by molar-refractivity contribution is -0.131. The molecule has 2 heterocycles.